The van der Waals surface area contributed by atoms with Crippen LogP contribution in [0.25, 0.3) is 0 Å². The number of benzene rings is 1. The molecule has 17 heavy (non-hydrogen) atoms. The van der Waals surface area contributed by atoms with Crippen LogP contribution in [0.15, 0.2) is 42.6 Å². The molecule has 0 aliphatic carbocycles. The van der Waals surface area contributed by atoms with Crippen molar-refractivity contribution in [3.8, 4) is 0 Å². The minimum Gasteiger partial charge on any atom is -0.363 e. The van der Waals surface area contributed by atoms with Gasteiger partial charge >= 0.3 is 0 Å². The van der Waals surface area contributed by atoms with Crippen LogP contribution in [0, 0.1) is 12.7 Å². The molecule has 0 amide bonds. The Bertz CT molecular complexity index is 511. The maximum atomic E-state index is 13.6. The largest absolute Gasteiger partial charge is 0.363 e. The van der Waals surface area contributed by atoms with Gasteiger partial charge in [0.1, 0.15) is 11.6 Å². The lowest BCUT2D eigenvalue weighted by Crippen LogP contribution is -2.10. The summed E-state index contributed by atoms with van der Waals surface area (Å²) < 4.78 is 13.6. The highest BCUT2D eigenvalue weighted by Crippen LogP contribution is 2.21. The minimum atomic E-state index is -0.193. The fraction of sp³-hybridized carbons (Fsp3) is 0.214. The second-order valence-electron chi connectivity index (χ2n) is 4.06. The van der Waals surface area contributed by atoms with E-state index in [-0.39, 0.29) is 11.9 Å². The molecule has 1 heterocycles. The van der Waals surface area contributed by atoms with Crippen molar-refractivity contribution in [1.29, 1.82) is 0 Å². The van der Waals surface area contributed by atoms with Crippen molar-refractivity contribution in [1.82, 2.24) is 4.98 Å². The summed E-state index contributed by atoms with van der Waals surface area (Å²) in [5.74, 6) is 0.601. The maximum absolute atomic E-state index is 13.6. The van der Waals surface area contributed by atoms with E-state index >= 15 is 0 Å². The fourth-order valence-corrected chi connectivity index (χ4v) is 1.75. The highest BCUT2D eigenvalue weighted by molar-refractivity contribution is 5.44. The van der Waals surface area contributed by atoms with Gasteiger partial charge in [-0.25, -0.2) is 9.37 Å². The first-order valence-corrected chi connectivity index (χ1v) is 5.61. The number of aromatic nitrogens is 1. The summed E-state index contributed by atoms with van der Waals surface area (Å²) in [6, 6.07) is 10.5. The molecule has 0 aliphatic heterocycles. The van der Waals surface area contributed by atoms with Gasteiger partial charge in [0.15, 0.2) is 0 Å². The number of hydrogen-bond donors (Lipinski definition) is 1. The summed E-state index contributed by atoms with van der Waals surface area (Å²) in [6.45, 7) is 3.90. The van der Waals surface area contributed by atoms with E-state index in [9.17, 15) is 4.39 Å². The van der Waals surface area contributed by atoms with Crippen LogP contribution in [0.5, 0.6) is 0 Å². The molecule has 0 radical (unpaired) electrons. The molecule has 0 aliphatic rings. The van der Waals surface area contributed by atoms with Gasteiger partial charge in [0, 0.05) is 11.8 Å². The molecular weight excluding hydrogens is 215 g/mol. The van der Waals surface area contributed by atoms with Crippen LogP contribution in [-0.4, -0.2) is 4.98 Å². The van der Waals surface area contributed by atoms with Crippen molar-refractivity contribution in [2.24, 2.45) is 0 Å². The lowest BCUT2D eigenvalue weighted by Gasteiger charge is -2.16. The predicted octanol–water partition coefficient (Wildman–Crippen LogP) is 3.70. The van der Waals surface area contributed by atoms with Gasteiger partial charge in [-0.15, -0.1) is 0 Å². The van der Waals surface area contributed by atoms with E-state index in [1.54, 1.807) is 18.3 Å². The van der Waals surface area contributed by atoms with E-state index in [1.807, 2.05) is 32.0 Å². The average Bonchev–Trinajstić information content (AvgIpc) is 2.32. The molecular formula is C14H15FN2. The molecule has 1 aromatic heterocycles. The van der Waals surface area contributed by atoms with Crippen LogP contribution in [0.4, 0.5) is 10.2 Å². The van der Waals surface area contributed by atoms with Crippen molar-refractivity contribution < 1.29 is 4.39 Å². The Morgan fingerprint density at radius 3 is 2.65 bits per heavy atom. The third kappa shape index (κ3) is 2.61. The molecule has 0 fully saturated rings. The van der Waals surface area contributed by atoms with Gasteiger partial charge in [-0.1, -0.05) is 24.3 Å². The molecule has 1 aromatic carbocycles. The van der Waals surface area contributed by atoms with Crippen molar-refractivity contribution in [2.45, 2.75) is 19.9 Å². The number of hydrogen-bond acceptors (Lipinski definition) is 2. The standard InChI is InChI=1S/C14H15FN2/c1-10-6-5-9-16-14(10)17-11(2)12-7-3-4-8-13(12)15/h3-9,11H,1-2H3,(H,16,17). The topological polar surface area (TPSA) is 24.9 Å². The molecule has 1 atom stereocenters. The normalized spacial score (nSPS) is 12.2. The van der Waals surface area contributed by atoms with Crippen molar-refractivity contribution in [2.75, 3.05) is 5.32 Å². The molecule has 88 valence electrons. The van der Waals surface area contributed by atoms with Gasteiger partial charge < -0.3 is 5.32 Å². The molecule has 1 unspecified atom stereocenters. The van der Waals surface area contributed by atoms with Gasteiger partial charge in [0.25, 0.3) is 0 Å². The third-order valence-electron chi connectivity index (χ3n) is 2.73. The monoisotopic (exact) mass is 230 g/mol. The lowest BCUT2D eigenvalue weighted by molar-refractivity contribution is 0.600. The molecule has 3 heteroatoms. The summed E-state index contributed by atoms with van der Waals surface area (Å²) in [4.78, 5) is 4.24. The molecule has 2 aromatic rings. The number of pyridine rings is 1. The Labute approximate surface area is 101 Å². The Hall–Kier alpha value is -1.90. The van der Waals surface area contributed by atoms with E-state index in [0.717, 1.165) is 11.4 Å². The van der Waals surface area contributed by atoms with Crippen LogP contribution in [-0.2, 0) is 0 Å². The van der Waals surface area contributed by atoms with Gasteiger partial charge in [-0.3, -0.25) is 0 Å². The van der Waals surface area contributed by atoms with Crippen molar-refractivity contribution in [3.63, 3.8) is 0 Å². The lowest BCUT2D eigenvalue weighted by atomic mass is 10.1. The first kappa shape index (κ1) is 11.6. The number of nitrogens with zero attached hydrogens (tertiary/aromatic N) is 1. The zero-order valence-corrected chi connectivity index (χ0v) is 9.94. The summed E-state index contributed by atoms with van der Waals surface area (Å²) >= 11 is 0. The summed E-state index contributed by atoms with van der Waals surface area (Å²) in [6.07, 6.45) is 1.73. The van der Waals surface area contributed by atoms with Gasteiger partial charge in [-0.2, -0.15) is 0 Å². The molecule has 0 spiro atoms. The van der Waals surface area contributed by atoms with E-state index in [0.29, 0.717) is 5.56 Å². The van der Waals surface area contributed by atoms with Crippen LogP contribution >= 0.6 is 0 Å². The van der Waals surface area contributed by atoms with E-state index in [2.05, 4.69) is 10.3 Å². The average molecular weight is 230 g/mol. The Morgan fingerprint density at radius 2 is 1.94 bits per heavy atom. The first-order valence-electron chi connectivity index (χ1n) is 5.61. The zero-order chi connectivity index (χ0) is 12.3. The predicted molar refractivity (Wildman–Crippen MR) is 67.4 cm³/mol. The smallest absolute Gasteiger partial charge is 0.129 e. The van der Waals surface area contributed by atoms with Crippen LogP contribution in [0.1, 0.15) is 24.1 Å². The maximum Gasteiger partial charge on any atom is 0.129 e. The van der Waals surface area contributed by atoms with Crippen molar-refractivity contribution in [3.05, 3.63) is 59.5 Å². The first-order chi connectivity index (χ1) is 8.18. The summed E-state index contributed by atoms with van der Waals surface area (Å²) in [7, 11) is 0. The number of halogens is 1. The van der Waals surface area contributed by atoms with Gasteiger partial charge in [0.05, 0.1) is 6.04 Å². The van der Waals surface area contributed by atoms with Gasteiger partial charge in [0.2, 0.25) is 0 Å². The quantitative estimate of drug-likeness (QED) is 0.869. The fourth-order valence-electron chi connectivity index (χ4n) is 1.75. The van der Waals surface area contributed by atoms with Crippen molar-refractivity contribution >= 4 is 5.82 Å². The molecule has 2 rings (SSSR count). The Kier molecular flexibility index (Phi) is 3.38. The van der Waals surface area contributed by atoms with E-state index in [4.69, 9.17) is 0 Å². The third-order valence-corrected chi connectivity index (χ3v) is 2.73. The number of nitrogens with one attached hydrogen (secondary N) is 1. The molecule has 1 N–H and O–H groups in total. The number of anilines is 1. The second-order valence-corrected chi connectivity index (χ2v) is 4.06. The highest BCUT2D eigenvalue weighted by Gasteiger charge is 2.11. The molecule has 0 saturated carbocycles. The molecule has 0 bridgehead atoms. The van der Waals surface area contributed by atoms with Crippen LogP contribution in [0.3, 0.4) is 0 Å². The second kappa shape index (κ2) is 4.95. The summed E-state index contributed by atoms with van der Waals surface area (Å²) in [5.41, 5.74) is 1.70. The number of aryl methyl sites for hydroxylation is 1. The molecule has 2 nitrogen and oxygen atoms in total. The van der Waals surface area contributed by atoms with E-state index < -0.39 is 0 Å². The summed E-state index contributed by atoms with van der Waals surface area (Å²) in [5, 5.41) is 3.22. The van der Waals surface area contributed by atoms with Crippen LogP contribution < -0.4 is 5.32 Å². The minimum absolute atomic E-state index is 0.107. The highest BCUT2D eigenvalue weighted by atomic mass is 19.1. The number of rotatable bonds is 3. The molecule has 0 saturated heterocycles. The van der Waals surface area contributed by atoms with Crippen LogP contribution in [0.2, 0.25) is 0 Å². The van der Waals surface area contributed by atoms with Gasteiger partial charge in [-0.05, 0) is 31.5 Å². The Balaban J connectivity index is 2.20. The zero-order valence-electron chi connectivity index (χ0n) is 9.94. The SMILES string of the molecule is Cc1cccnc1NC(C)c1ccccc1F. The van der Waals surface area contributed by atoms with E-state index in [1.165, 1.54) is 6.07 Å². The Morgan fingerprint density at radius 1 is 1.18 bits per heavy atom.